The lowest BCUT2D eigenvalue weighted by molar-refractivity contribution is -0.133. The van der Waals surface area contributed by atoms with E-state index in [1.54, 1.807) is 0 Å². The van der Waals surface area contributed by atoms with E-state index in [1.165, 1.54) is 16.8 Å². The van der Waals surface area contributed by atoms with E-state index in [1.807, 2.05) is 12.1 Å². The maximum absolute atomic E-state index is 14.0. The molecule has 1 heterocycles. The Morgan fingerprint density at radius 2 is 1.70 bits per heavy atom. The smallest absolute Gasteiger partial charge is 0.224 e. The number of benzene rings is 2. The molecule has 2 amide bonds. The highest BCUT2D eigenvalue weighted by Gasteiger charge is 2.60. The monoisotopic (exact) mass is 496 g/mol. The summed E-state index contributed by atoms with van der Waals surface area (Å²) in [6, 6.07) is 20.9. The second-order valence-electron chi connectivity index (χ2n) is 12.5. The van der Waals surface area contributed by atoms with Crippen LogP contribution in [0.15, 0.2) is 72.4 Å². The van der Waals surface area contributed by atoms with Crippen LogP contribution in [0.2, 0.25) is 0 Å². The zero-order valence-corrected chi connectivity index (χ0v) is 22.2. The van der Waals surface area contributed by atoms with Crippen LogP contribution in [0, 0.1) is 34.5 Å². The first-order valence-electron chi connectivity index (χ1n) is 14.3. The number of allylic oxidation sites excluding steroid dienone is 2. The van der Waals surface area contributed by atoms with Crippen molar-refractivity contribution in [1.82, 2.24) is 10.6 Å². The minimum Gasteiger partial charge on any atom is -0.349 e. The van der Waals surface area contributed by atoms with E-state index >= 15 is 0 Å². The molecule has 3 fully saturated rings. The Hall–Kier alpha value is -2.88. The van der Waals surface area contributed by atoms with Crippen molar-refractivity contribution >= 4 is 11.8 Å². The largest absolute Gasteiger partial charge is 0.349 e. The zero-order chi connectivity index (χ0) is 25.6. The molecule has 0 bridgehead atoms. The highest BCUT2D eigenvalue weighted by atomic mass is 16.2. The van der Waals surface area contributed by atoms with Crippen molar-refractivity contribution in [2.24, 2.45) is 34.5 Å². The van der Waals surface area contributed by atoms with Gasteiger partial charge in [0.1, 0.15) is 0 Å². The Kier molecular flexibility index (Phi) is 6.25. The van der Waals surface area contributed by atoms with Crippen LogP contribution < -0.4 is 10.6 Å². The number of hydrogen-bond donors (Lipinski definition) is 2. The van der Waals surface area contributed by atoms with Crippen molar-refractivity contribution in [2.75, 3.05) is 0 Å². The number of amides is 2. The minimum atomic E-state index is -0.0278. The predicted molar refractivity (Wildman–Crippen MR) is 146 cm³/mol. The Morgan fingerprint density at radius 1 is 0.973 bits per heavy atom. The molecule has 4 heteroatoms. The van der Waals surface area contributed by atoms with Crippen LogP contribution in [0.5, 0.6) is 0 Å². The van der Waals surface area contributed by atoms with E-state index in [9.17, 15) is 9.59 Å². The topological polar surface area (TPSA) is 58.2 Å². The van der Waals surface area contributed by atoms with Gasteiger partial charge < -0.3 is 10.6 Å². The molecule has 0 aromatic heterocycles. The number of piperidine rings is 1. The first-order chi connectivity index (χ1) is 17.9. The summed E-state index contributed by atoms with van der Waals surface area (Å²) in [4.78, 5) is 26.1. The number of nitrogens with one attached hydrogen (secondary N) is 2. The van der Waals surface area contributed by atoms with E-state index in [-0.39, 0.29) is 34.6 Å². The second kappa shape index (κ2) is 9.45. The Morgan fingerprint density at radius 3 is 2.46 bits per heavy atom. The lowest BCUT2D eigenvalue weighted by Crippen LogP contribution is -2.54. The van der Waals surface area contributed by atoms with Gasteiger partial charge >= 0.3 is 0 Å². The van der Waals surface area contributed by atoms with Crippen LogP contribution in [0.1, 0.15) is 76.0 Å². The molecule has 0 radical (unpaired) electrons. The molecule has 1 unspecified atom stereocenters. The second-order valence-corrected chi connectivity index (χ2v) is 12.5. The average Bonchev–Trinajstić information content (AvgIpc) is 3.27. The van der Waals surface area contributed by atoms with Crippen molar-refractivity contribution in [1.29, 1.82) is 0 Å². The van der Waals surface area contributed by atoms with Crippen LogP contribution in [0.4, 0.5) is 0 Å². The first kappa shape index (κ1) is 24.5. The number of carbonyl (C=O) groups is 2. The summed E-state index contributed by atoms with van der Waals surface area (Å²) in [6.07, 6.45) is 10.1. The summed E-state index contributed by atoms with van der Waals surface area (Å²) < 4.78 is 0. The third-order valence-corrected chi connectivity index (χ3v) is 10.7. The van der Waals surface area contributed by atoms with Crippen LogP contribution >= 0.6 is 0 Å². The summed E-state index contributed by atoms with van der Waals surface area (Å²) in [5.74, 6) is 2.24. The summed E-state index contributed by atoms with van der Waals surface area (Å²) in [5.41, 5.74) is 3.70. The van der Waals surface area contributed by atoms with Gasteiger partial charge in [-0.25, -0.2) is 0 Å². The Bertz CT molecular complexity index is 1190. The maximum Gasteiger partial charge on any atom is 0.224 e. The molecular weight excluding hydrogens is 456 g/mol. The normalized spacial score (nSPS) is 35.3. The fourth-order valence-corrected chi connectivity index (χ4v) is 8.68. The predicted octanol–water partition coefficient (Wildman–Crippen LogP) is 6.35. The Balaban J connectivity index is 1.22. The average molecular weight is 497 g/mol. The molecule has 6 rings (SSSR count). The van der Waals surface area contributed by atoms with Gasteiger partial charge in [0.05, 0.1) is 6.04 Å². The van der Waals surface area contributed by atoms with Gasteiger partial charge in [-0.1, -0.05) is 80.6 Å². The fraction of sp³-hybridized carbons (Fsp3) is 0.515. The standard InChI is InChI=1S/C33H40N2O2/c1-32-19-17-26-24(13-16-29-33(26,2)20-18-30(36)35-29)25(32)14-15-27(32)31(37)34-28(23-11-7-4-8-12-23)21-22-9-5-3-6-10-22/h3-12,16,24-28H,13-15,17-21H2,1-2H3,(H,34,37)(H,35,36)/t24-,25-,26-,27+,28?,32-,33+/m0/s1. The number of rotatable bonds is 5. The minimum absolute atomic E-state index is 0.0278. The molecule has 3 aliphatic carbocycles. The molecule has 2 N–H and O–H groups in total. The SMILES string of the molecule is C[C@]12CC[C@H]3[C@@H](CC=C4NC(=O)CC[C@@]43C)[C@@H]1CC[C@@H]2C(=O)NC(Cc1ccccc1)c1ccccc1. The first-order valence-corrected chi connectivity index (χ1v) is 14.3. The van der Waals surface area contributed by atoms with Gasteiger partial charge in [-0.15, -0.1) is 0 Å². The van der Waals surface area contributed by atoms with E-state index < -0.39 is 0 Å². The molecule has 1 saturated heterocycles. The quantitative estimate of drug-likeness (QED) is 0.507. The van der Waals surface area contributed by atoms with Crippen molar-refractivity contribution < 1.29 is 9.59 Å². The van der Waals surface area contributed by atoms with Gasteiger partial charge in [-0.3, -0.25) is 9.59 Å². The number of fused-ring (bicyclic) bond motifs is 5. The Labute approximate surface area is 221 Å². The van der Waals surface area contributed by atoms with Gasteiger partial charge in [0, 0.05) is 23.5 Å². The summed E-state index contributed by atoms with van der Waals surface area (Å²) in [7, 11) is 0. The van der Waals surface area contributed by atoms with Crippen LogP contribution in [0.25, 0.3) is 0 Å². The van der Waals surface area contributed by atoms with Crippen molar-refractivity contribution in [3.8, 4) is 0 Å². The molecule has 4 aliphatic rings. The molecular formula is C33H40N2O2. The van der Waals surface area contributed by atoms with Gasteiger partial charge in [-0.2, -0.15) is 0 Å². The highest BCUT2D eigenvalue weighted by molar-refractivity contribution is 5.81. The molecule has 1 aliphatic heterocycles. The van der Waals surface area contributed by atoms with Crippen LogP contribution in [-0.2, 0) is 16.0 Å². The molecule has 0 spiro atoms. The maximum atomic E-state index is 14.0. The lowest BCUT2D eigenvalue weighted by Gasteiger charge is -2.57. The van der Waals surface area contributed by atoms with Gasteiger partial charge in [0.2, 0.25) is 11.8 Å². The summed E-state index contributed by atoms with van der Waals surface area (Å²) >= 11 is 0. The van der Waals surface area contributed by atoms with E-state index in [0.29, 0.717) is 24.2 Å². The number of hydrogen-bond acceptors (Lipinski definition) is 2. The summed E-state index contributed by atoms with van der Waals surface area (Å²) in [5, 5.41) is 6.72. The molecule has 2 aromatic carbocycles. The summed E-state index contributed by atoms with van der Waals surface area (Å²) in [6.45, 7) is 4.79. The van der Waals surface area contributed by atoms with E-state index in [2.05, 4.69) is 79.1 Å². The van der Waals surface area contributed by atoms with Crippen molar-refractivity contribution in [3.63, 3.8) is 0 Å². The van der Waals surface area contributed by atoms with E-state index in [4.69, 9.17) is 0 Å². The van der Waals surface area contributed by atoms with Gasteiger partial charge in [0.25, 0.3) is 0 Å². The van der Waals surface area contributed by atoms with Crippen molar-refractivity contribution in [2.45, 2.75) is 71.3 Å². The zero-order valence-electron chi connectivity index (χ0n) is 22.2. The molecule has 2 saturated carbocycles. The highest BCUT2D eigenvalue weighted by Crippen LogP contribution is 2.65. The van der Waals surface area contributed by atoms with Crippen LogP contribution in [-0.4, -0.2) is 11.8 Å². The van der Waals surface area contributed by atoms with Crippen LogP contribution in [0.3, 0.4) is 0 Å². The van der Waals surface area contributed by atoms with Gasteiger partial charge in [0.15, 0.2) is 0 Å². The molecule has 7 atom stereocenters. The van der Waals surface area contributed by atoms with Crippen molar-refractivity contribution in [3.05, 3.63) is 83.6 Å². The third kappa shape index (κ3) is 4.23. The third-order valence-electron chi connectivity index (χ3n) is 10.7. The molecule has 194 valence electrons. The van der Waals surface area contributed by atoms with E-state index in [0.717, 1.165) is 44.9 Å². The fourth-order valence-electron chi connectivity index (χ4n) is 8.68. The molecule has 2 aromatic rings. The molecule has 37 heavy (non-hydrogen) atoms. The lowest BCUT2D eigenvalue weighted by atomic mass is 9.49. The van der Waals surface area contributed by atoms with Gasteiger partial charge in [-0.05, 0) is 79.2 Å². The number of carbonyl (C=O) groups excluding carboxylic acids is 2. The molecule has 4 nitrogen and oxygen atoms in total.